The molecule has 1 atom stereocenters. The van der Waals surface area contributed by atoms with Crippen LogP contribution in [-0.2, 0) is 22.7 Å². The number of nitrogens with zero attached hydrogens (tertiary/aromatic N) is 3. The van der Waals surface area contributed by atoms with Gasteiger partial charge in [-0.3, -0.25) is 0 Å². The Labute approximate surface area is 127 Å². The summed E-state index contributed by atoms with van der Waals surface area (Å²) in [7, 11) is -2.85. The maximum absolute atomic E-state index is 11.6. The van der Waals surface area contributed by atoms with E-state index in [1.54, 1.807) is 6.92 Å². The molecule has 21 heavy (non-hydrogen) atoms. The van der Waals surface area contributed by atoms with E-state index in [0.717, 1.165) is 32.4 Å². The van der Waals surface area contributed by atoms with E-state index < -0.39 is 9.84 Å². The summed E-state index contributed by atoms with van der Waals surface area (Å²) < 4.78 is 25.6. The van der Waals surface area contributed by atoms with Crippen LogP contribution >= 0.6 is 0 Å². The Balaban J connectivity index is 1.61. The number of hydrogen-bond acceptors (Lipinski definition) is 4. The van der Waals surface area contributed by atoms with Crippen molar-refractivity contribution in [2.75, 3.05) is 31.1 Å². The predicted molar refractivity (Wildman–Crippen MR) is 83.3 cm³/mol. The molecule has 3 rings (SSSR count). The summed E-state index contributed by atoms with van der Waals surface area (Å²) in [5, 5.41) is 0. The zero-order valence-electron chi connectivity index (χ0n) is 12.8. The van der Waals surface area contributed by atoms with Crippen molar-refractivity contribution in [2.24, 2.45) is 0 Å². The molecule has 0 spiro atoms. The fourth-order valence-electron chi connectivity index (χ4n) is 3.46. The van der Waals surface area contributed by atoms with Crippen LogP contribution in [0.2, 0.25) is 0 Å². The molecule has 0 saturated carbocycles. The van der Waals surface area contributed by atoms with Crippen LogP contribution in [0.3, 0.4) is 0 Å². The van der Waals surface area contributed by atoms with Gasteiger partial charge < -0.3 is 9.47 Å². The average molecular weight is 311 g/mol. The molecule has 0 bridgehead atoms. The van der Waals surface area contributed by atoms with Gasteiger partial charge in [0.1, 0.15) is 0 Å². The molecule has 1 aliphatic heterocycles. The molecule has 0 aromatic carbocycles. The normalized spacial score (nSPS) is 23.4. The molecule has 0 radical (unpaired) electrons. The lowest BCUT2D eigenvalue weighted by Crippen LogP contribution is -2.28. The highest BCUT2D eigenvalue weighted by Crippen LogP contribution is 2.28. The van der Waals surface area contributed by atoms with Gasteiger partial charge in [0.15, 0.2) is 9.84 Å². The number of fused-ring (bicyclic) bond motifs is 1. The second kappa shape index (κ2) is 6.08. The third-order valence-corrected chi connectivity index (χ3v) is 6.54. The summed E-state index contributed by atoms with van der Waals surface area (Å²) in [6.45, 7) is 4.35. The Morgan fingerprint density at radius 3 is 2.95 bits per heavy atom. The first-order valence-electron chi connectivity index (χ1n) is 8.06. The van der Waals surface area contributed by atoms with E-state index in [4.69, 9.17) is 0 Å². The summed E-state index contributed by atoms with van der Waals surface area (Å²) >= 11 is 0. The van der Waals surface area contributed by atoms with E-state index in [1.807, 2.05) is 6.33 Å². The molecule has 1 saturated heterocycles. The van der Waals surface area contributed by atoms with Gasteiger partial charge in [0, 0.05) is 37.1 Å². The Morgan fingerprint density at radius 1 is 1.33 bits per heavy atom. The van der Waals surface area contributed by atoms with Crippen molar-refractivity contribution in [3.63, 3.8) is 0 Å². The number of hydrogen-bond donors (Lipinski definition) is 0. The van der Waals surface area contributed by atoms with Crippen LogP contribution in [0.15, 0.2) is 6.33 Å². The molecule has 0 N–H and O–H groups in total. The number of aryl methyl sites for hydroxylation is 1. The lowest BCUT2D eigenvalue weighted by Gasteiger charge is -2.20. The quantitative estimate of drug-likeness (QED) is 0.826. The summed E-state index contributed by atoms with van der Waals surface area (Å²) in [5.74, 6) is 0.539. The Kier molecular flexibility index (Phi) is 4.36. The van der Waals surface area contributed by atoms with E-state index in [0.29, 0.717) is 12.6 Å². The van der Waals surface area contributed by atoms with Gasteiger partial charge in [-0.25, -0.2) is 13.4 Å². The number of likely N-dealkylation sites (tertiary alicyclic amines) is 1. The van der Waals surface area contributed by atoms with Gasteiger partial charge in [-0.05, 0) is 32.1 Å². The number of aromatic nitrogens is 2. The van der Waals surface area contributed by atoms with Gasteiger partial charge in [-0.15, -0.1) is 0 Å². The van der Waals surface area contributed by atoms with E-state index in [-0.39, 0.29) is 11.5 Å². The SMILES string of the molecule is CCS(=O)(=O)CCN1CCC(n2cnc3c2CCCC3)C1. The zero-order valence-corrected chi connectivity index (χ0v) is 13.6. The first kappa shape index (κ1) is 15.0. The van der Waals surface area contributed by atoms with Gasteiger partial charge in [-0.2, -0.15) is 0 Å². The summed E-state index contributed by atoms with van der Waals surface area (Å²) in [5.41, 5.74) is 2.71. The second-order valence-electron chi connectivity index (χ2n) is 6.23. The highest BCUT2D eigenvalue weighted by Gasteiger charge is 2.27. The van der Waals surface area contributed by atoms with Crippen LogP contribution in [0.5, 0.6) is 0 Å². The highest BCUT2D eigenvalue weighted by atomic mass is 32.2. The summed E-state index contributed by atoms with van der Waals surface area (Å²) in [6, 6.07) is 0.476. The van der Waals surface area contributed by atoms with Crippen molar-refractivity contribution in [1.29, 1.82) is 0 Å². The fourth-order valence-corrected chi connectivity index (χ4v) is 4.29. The average Bonchev–Trinajstić information content (AvgIpc) is 3.11. The molecule has 1 unspecified atom stereocenters. The van der Waals surface area contributed by atoms with Crippen molar-refractivity contribution in [1.82, 2.24) is 14.5 Å². The minimum Gasteiger partial charge on any atom is -0.330 e. The minimum atomic E-state index is -2.85. The zero-order chi connectivity index (χ0) is 14.9. The standard InChI is InChI=1S/C15H25N3O2S/c1-2-21(19,20)10-9-17-8-7-13(11-17)18-12-16-14-5-3-4-6-15(14)18/h12-13H,2-11H2,1H3. The van der Waals surface area contributed by atoms with Gasteiger partial charge in [-0.1, -0.05) is 6.92 Å². The van der Waals surface area contributed by atoms with E-state index >= 15 is 0 Å². The van der Waals surface area contributed by atoms with E-state index in [9.17, 15) is 8.42 Å². The lowest BCUT2D eigenvalue weighted by molar-refractivity contribution is 0.340. The van der Waals surface area contributed by atoms with Crippen molar-refractivity contribution >= 4 is 9.84 Å². The molecule has 0 amide bonds. The fraction of sp³-hybridized carbons (Fsp3) is 0.800. The molecule has 118 valence electrons. The maximum atomic E-state index is 11.6. The Hall–Kier alpha value is -0.880. The van der Waals surface area contributed by atoms with Crippen LogP contribution < -0.4 is 0 Å². The molecule has 6 heteroatoms. The molecule has 1 aromatic rings. The molecular weight excluding hydrogens is 286 g/mol. The first-order valence-corrected chi connectivity index (χ1v) is 9.88. The van der Waals surface area contributed by atoms with Crippen LogP contribution in [0.25, 0.3) is 0 Å². The maximum Gasteiger partial charge on any atom is 0.151 e. The topological polar surface area (TPSA) is 55.2 Å². The van der Waals surface area contributed by atoms with Crippen molar-refractivity contribution in [3.8, 4) is 0 Å². The Morgan fingerprint density at radius 2 is 2.14 bits per heavy atom. The number of sulfone groups is 1. The second-order valence-corrected chi connectivity index (χ2v) is 8.70. The van der Waals surface area contributed by atoms with Crippen LogP contribution in [-0.4, -0.2) is 54.0 Å². The van der Waals surface area contributed by atoms with Gasteiger partial charge in [0.25, 0.3) is 0 Å². The molecule has 1 aromatic heterocycles. The molecule has 5 nitrogen and oxygen atoms in total. The van der Waals surface area contributed by atoms with Crippen LogP contribution in [0.4, 0.5) is 0 Å². The summed E-state index contributed by atoms with van der Waals surface area (Å²) in [4.78, 5) is 6.86. The molecule has 2 heterocycles. The van der Waals surface area contributed by atoms with Gasteiger partial charge >= 0.3 is 0 Å². The predicted octanol–water partition coefficient (Wildman–Crippen LogP) is 1.44. The lowest BCUT2D eigenvalue weighted by atomic mass is 10.0. The monoisotopic (exact) mass is 311 g/mol. The van der Waals surface area contributed by atoms with Crippen molar-refractivity contribution in [2.45, 2.75) is 45.1 Å². The molecule has 1 aliphatic carbocycles. The Bertz CT molecular complexity index is 594. The summed E-state index contributed by atoms with van der Waals surface area (Å²) in [6.07, 6.45) is 7.91. The molecule has 2 aliphatic rings. The van der Waals surface area contributed by atoms with Crippen LogP contribution in [0, 0.1) is 0 Å². The third kappa shape index (κ3) is 3.31. The van der Waals surface area contributed by atoms with Crippen molar-refractivity contribution in [3.05, 3.63) is 17.7 Å². The minimum absolute atomic E-state index is 0.249. The van der Waals surface area contributed by atoms with E-state index in [1.165, 1.54) is 24.2 Å². The number of rotatable bonds is 5. The number of imidazole rings is 1. The highest BCUT2D eigenvalue weighted by molar-refractivity contribution is 7.91. The van der Waals surface area contributed by atoms with Gasteiger partial charge in [0.2, 0.25) is 0 Å². The van der Waals surface area contributed by atoms with Crippen LogP contribution in [0.1, 0.15) is 43.6 Å². The first-order chi connectivity index (χ1) is 10.1. The third-order valence-electron chi connectivity index (χ3n) is 4.86. The largest absolute Gasteiger partial charge is 0.330 e. The van der Waals surface area contributed by atoms with E-state index in [2.05, 4.69) is 14.5 Å². The molecular formula is C15H25N3O2S. The van der Waals surface area contributed by atoms with Gasteiger partial charge in [0.05, 0.1) is 17.8 Å². The molecule has 1 fully saturated rings. The van der Waals surface area contributed by atoms with Crippen molar-refractivity contribution < 1.29 is 8.42 Å². The smallest absolute Gasteiger partial charge is 0.151 e.